The highest BCUT2D eigenvalue weighted by Crippen LogP contribution is 2.31. The molecule has 10 heteroatoms. The van der Waals surface area contributed by atoms with Crippen LogP contribution in [0.4, 0.5) is 19.0 Å². The Labute approximate surface area is 181 Å². The Hall–Kier alpha value is -3.95. The van der Waals surface area contributed by atoms with Crippen LogP contribution >= 0.6 is 0 Å². The lowest BCUT2D eigenvalue weighted by atomic mass is 10.0. The smallest absolute Gasteiger partial charge is 0.382 e. The number of anilines is 1. The number of halogens is 3. The molecule has 1 unspecified atom stereocenters. The van der Waals surface area contributed by atoms with Gasteiger partial charge >= 0.3 is 6.18 Å². The minimum Gasteiger partial charge on any atom is -0.382 e. The number of rotatable bonds is 5. The van der Waals surface area contributed by atoms with E-state index in [9.17, 15) is 18.0 Å². The standard InChI is InChI=1S/C22H18F3N5O2/c1-13-5-2-3-8-16(13)18-12-19(32-30-18)21(31)29-28-20-10-9-17(26-27-20)14-6-4-7-15(11-14)22(23,24)25/h2-11,19H,12H2,1H3,(H,27,28)(H,29,31). The highest BCUT2D eigenvalue weighted by Gasteiger charge is 2.31. The van der Waals surface area contributed by atoms with Crippen molar-refractivity contribution in [3.63, 3.8) is 0 Å². The Morgan fingerprint density at radius 1 is 1.06 bits per heavy atom. The van der Waals surface area contributed by atoms with Gasteiger partial charge in [-0.15, -0.1) is 10.2 Å². The van der Waals surface area contributed by atoms with Gasteiger partial charge in [0.2, 0.25) is 6.10 Å². The summed E-state index contributed by atoms with van der Waals surface area (Å²) in [6, 6.07) is 15.5. The lowest BCUT2D eigenvalue weighted by Gasteiger charge is -2.11. The second-order valence-corrected chi connectivity index (χ2v) is 7.15. The quantitative estimate of drug-likeness (QED) is 0.582. The SMILES string of the molecule is Cc1ccccc1C1=NOC(C(=O)NNc2ccc(-c3cccc(C(F)(F)F)c3)nn2)C1. The molecule has 2 aromatic carbocycles. The third kappa shape index (κ3) is 4.69. The van der Waals surface area contributed by atoms with Gasteiger partial charge in [-0.25, -0.2) is 0 Å². The van der Waals surface area contributed by atoms with E-state index in [-0.39, 0.29) is 17.1 Å². The van der Waals surface area contributed by atoms with E-state index in [0.29, 0.717) is 12.1 Å². The molecule has 1 aromatic heterocycles. The minimum atomic E-state index is -4.44. The molecule has 0 fully saturated rings. The molecule has 1 aliphatic heterocycles. The fraction of sp³-hybridized carbons (Fsp3) is 0.182. The van der Waals surface area contributed by atoms with Crippen LogP contribution in [0.1, 0.15) is 23.1 Å². The van der Waals surface area contributed by atoms with E-state index in [1.54, 1.807) is 0 Å². The van der Waals surface area contributed by atoms with Crippen LogP contribution < -0.4 is 10.9 Å². The Bertz CT molecular complexity index is 1160. The van der Waals surface area contributed by atoms with Gasteiger partial charge in [0.1, 0.15) is 0 Å². The van der Waals surface area contributed by atoms with E-state index < -0.39 is 23.8 Å². The van der Waals surface area contributed by atoms with Crippen molar-refractivity contribution in [3.8, 4) is 11.3 Å². The molecule has 0 bridgehead atoms. The molecule has 32 heavy (non-hydrogen) atoms. The zero-order chi connectivity index (χ0) is 22.7. The van der Waals surface area contributed by atoms with E-state index in [4.69, 9.17) is 4.84 Å². The molecule has 0 saturated heterocycles. The number of nitrogens with zero attached hydrogens (tertiary/aromatic N) is 3. The maximum absolute atomic E-state index is 12.9. The van der Waals surface area contributed by atoms with Crippen molar-refractivity contribution in [3.05, 3.63) is 77.4 Å². The Kier molecular flexibility index (Phi) is 5.76. The zero-order valence-electron chi connectivity index (χ0n) is 16.8. The summed E-state index contributed by atoms with van der Waals surface area (Å²) in [5.74, 6) is -0.229. The van der Waals surface area contributed by atoms with Gasteiger partial charge in [-0.1, -0.05) is 41.6 Å². The Balaban J connectivity index is 1.34. The molecule has 1 aliphatic rings. The third-order valence-electron chi connectivity index (χ3n) is 4.88. The first-order valence-electron chi connectivity index (χ1n) is 9.67. The van der Waals surface area contributed by atoms with Crippen LogP contribution in [0, 0.1) is 6.92 Å². The predicted octanol–water partition coefficient (Wildman–Crippen LogP) is 4.11. The summed E-state index contributed by atoms with van der Waals surface area (Å²) in [6.45, 7) is 1.95. The number of hydrogen-bond acceptors (Lipinski definition) is 6. The number of nitrogens with one attached hydrogen (secondary N) is 2. The van der Waals surface area contributed by atoms with Crippen molar-refractivity contribution in [1.29, 1.82) is 0 Å². The van der Waals surface area contributed by atoms with Crippen LogP contribution in [-0.4, -0.2) is 27.9 Å². The van der Waals surface area contributed by atoms with Crippen LogP contribution in [0.5, 0.6) is 0 Å². The first-order chi connectivity index (χ1) is 15.3. The lowest BCUT2D eigenvalue weighted by molar-refractivity contribution is -0.137. The maximum atomic E-state index is 12.9. The van der Waals surface area contributed by atoms with Crippen molar-refractivity contribution < 1.29 is 22.8 Å². The highest BCUT2D eigenvalue weighted by molar-refractivity contribution is 6.05. The molecule has 0 radical (unpaired) electrons. The highest BCUT2D eigenvalue weighted by atomic mass is 19.4. The predicted molar refractivity (Wildman–Crippen MR) is 111 cm³/mol. The second-order valence-electron chi connectivity index (χ2n) is 7.15. The van der Waals surface area contributed by atoms with E-state index in [1.807, 2.05) is 31.2 Å². The Morgan fingerprint density at radius 2 is 1.88 bits per heavy atom. The summed E-state index contributed by atoms with van der Waals surface area (Å²) < 4.78 is 38.7. The van der Waals surface area contributed by atoms with E-state index in [2.05, 4.69) is 26.2 Å². The summed E-state index contributed by atoms with van der Waals surface area (Å²) >= 11 is 0. The number of carbonyl (C=O) groups excluding carboxylic acids is 1. The number of amides is 1. The first-order valence-corrected chi connectivity index (χ1v) is 9.67. The summed E-state index contributed by atoms with van der Waals surface area (Å²) in [4.78, 5) is 17.6. The van der Waals surface area contributed by atoms with E-state index >= 15 is 0 Å². The molecule has 3 aromatic rings. The fourth-order valence-electron chi connectivity index (χ4n) is 3.19. The summed E-state index contributed by atoms with van der Waals surface area (Å²) in [5, 5.41) is 11.8. The van der Waals surface area contributed by atoms with Gasteiger partial charge in [-0.2, -0.15) is 13.2 Å². The van der Waals surface area contributed by atoms with Crippen LogP contribution in [-0.2, 0) is 15.8 Å². The average molecular weight is 441 g/mol. The number of hydrazine groups is 1. The van der Waals surface area contributed by atoms with Crippen molar-refractivity contribution in [2.75, 3.05) is 5.43 Å². The van der Waals surface area contributed by atoms with Crippen molar-refractivity contribution >= 4 is 17.4 Å². The molecule has 0 aliphatic carbocycles. The molecule has 2 heterocycles. The van der Waals surface area contributed by atoms with Gasteiger partial charge in [-0.3, -0.25) is 15.6 Å². The largest absolute Gasteiger partial charge is 0.416 e. The number of benzene rings is 2. The summed E-state index contributed by atoms with van der Waals surface area (Å²) in [6.07, 6.45) is -4.92. The van der Waals surface area contributed by atoms with Crippen LogP contribution in [0.25, 0.3) is 11.3 Å². The monoisotopic (exact) mass is 441 g/mol. The van der Waals surface area contributed by atoms with Gasteiger partial charge in [0.25, 0.3) is 5.91 Å². The molecule has 2 N–H and O–H groups in total. The van der Waals surface area contributed by atoms with Crippen LogP contribution in [0.15, 0.2) is 65.8 Å². The van der Waals surface area contributed by atoms with Gasteiger partial charge in [0, 0.05) is 17.5 Å². The molecule has 1 atom stereocenters. The number of hydrogen-bond donors (Lipinski definition) is 2. The van der Waals surface area contributed by atoms with E-state index in [1.165, 1.54) is 24.3 Å². The average Bonchev–Trinajstić information content (AvgIpc) is 3.28. The normalized spacial score (nSPS) is 15.6. The fourth-order valence-corrected chi connectivity index (χ4v) is 3.19. The molecular weight excluding hydrogens is 423 g/mol. The molecular formula is C22H18F3N5O2. The second kappa shape index (κ2) is 8.66. The van der Waals surface area contributed by atoms with Crippen molar-refractivity contribution in [2.24, 2.45) is 5.16 Å². The van der Waals surface area contributed by atoms with Gasteiger partial charge in [0.05, 0.1) is 17.0 Å². The maximum Gasteiger partial charge on any atom is 0.416 e. The number of oxime groups is 1. The van der Waals surface area contributed by atoms with Gasteiger partial charge in [0.15, 0.2) is 5.82 Å². The molecule has 4 rings (SSSR count). The minimum absolute atomic E-state index is 0.215. The van der Waals surface area contributed by atoms with Crippen LogP contribution in [0.2, 0.25) is 0 Å². The first kappa shape index (κ1) is 21.3. The molecule has 7 nitrogen and oxygen atoms in total. The molecule has 0 saturated carbocycles. The molecule has 1 amide bonds. The number of alkyl halides is 3. The summed E-state index contributed by atoms with van der Waals surface area (Å²) in [7, 11) is 0. The lowest BCUT2D eigenvalue weighted by Crippen LogP contribution is -2.38. The number of carbonyl (C=O) groups is 1. The topological polar surface area (TPSA) is 88.5 Å². The third-order valence-corrected chi connectivity index (χ3v) is 4.88. The van der Waals surface area contributed by atoms with Crippen molar-refractivity contribution in [1.82, 2.24) is 15.6 Å². The Morgan fingerprint density at radius 3 is 2.59 bits per heavy atom. The van der Waals surface area contributed by atoms with Crippen molar-refractivity contribution in [2.45, 2.75) is 25.6 Å². The zero-order valence-corrected chi connectivity index (χ0v) is 16.8. The van der Waals surface area contributed by atoms with Gasteiger partial charge < -0.3 is 4.84 Å². The molecule has 164 valence electrons. The van der Waals surface area contributed by atoms with E-state index in [0.717, 1.165) is 23.3 Å². The number of aryl methyl sites for hydroxylation is 1. The van der Waals surface area contributed by atoms with Gasteiger partial charge in [-0.05, 0) is 36.8 Å². The van der Waals surface area contributed by atoms with Crippen LogP contribution in [0.3, 0.4) is 0 Å². The number of aromatic nitrogens is 2. The molecule has 0 spiro atoms. The summed E-state index contributed by atoms with van der Waals surface area (Å²) in [5.41, 5.74) is 7.52.